The first-order valence-corrected chi connectivity index (χ1v) is 3.67. The third-order valence-electron chi connectivity index (χ3n) is 1.61. The minimum Gasteiger partial charge on any atom is -0.370 e. The lowest BCUT2D eigenvalue weighted by Crippen LogP contribution is -2.55. The number of halogens is 9. The van der Waals surface area contributed by atoms with Crippen LogP contribution in [0.5, 0.6) is 0 Å². The van der Waals surface area contributed by atoms with Crippen molar-refractivity contribution in [1.29, 1.82) is 0 Å². The van der Waals surface area contributed by atoms with Crippen LogP contribution in [0.2, 0.25) is 0 Å². The van der Waals surface area contributed by atoms with E-state index in [4.69, 9.17) is 6.48 Å². The van der Waals surface area contributed by atoms with Gasteiger partial charge in [-0.2, -0.15) is 39.5 Å². The molecule has 0 rings (SSSR count). The first-order valence-electron chi connectivity index (χ1n) is 4.17. The normalized spacial score (nSPS) is 17.7. The summed E-state index contributed by atoms with van der Waals surface area (Å²) in [5.41, 5.74) is -8.35. The highest BCUT2D eigenvalue weighted by Gasteiger charge is 2.69. The summed E-state index contributed by atoms with van der Waals surface area (Å²) in [7, 11) is 0. The van der Waals surface area contributed by atoms with Crippen molar-refractivity contribution in [3.8, 4) is 0 Å². The van der Waals surface area contributed by atoms with Gasteiger partial charge in [0.25, 0.3) is 5.60 Å². The number of alkyl halides is 9. The average Bonchev–Trinajstić information content (AvgIpc) is 2.08. The van der Waals surface area contributed by atoms with E-state index in [9.17, 15) is 39.5 Å². The Morgan fingerprint density at radius 3 is 1.41 bits per heavy atom. The molecule has 0 atom stereocenters. The molecule has 0 aliphatic heterocycles. The van der Waals surface area contributed by atoms with Gasteiger partial charge in [-0.1, -0.05) is 0 Å². The van der Waals surface area contributed by atoms with E-state index in [1.54, 1.807) is 0 Å². The molecule has 0 heterocycles. The molecule has 0 aromatic rings. The van der Waals surface area contributed by atoms with Crippen LogP contribution >= 0.6 is 0 Å². The van der Waals surface area contributed by atoms with Gasteiger partial charge in [-0.3, -0.25) is 0 Å². The molecule has 0 aliphatic carbocycles. The highest BCUT2D eigenvalue weighted by Crippen LogP contribution is 2.45. The number of aliphatic hydroxyl groups is 1. The molecule has 0 saturated heterocycles. The Kier molecular flexibility index (Phi) is 3.38. The van der Waals surface area contributed by atoms with E-state index in [0.29, 0.717) is 0 Å². The molecule has 1 N–H and O–H groups in total. The zero-order valence-electron chi connectivity index (χ0n) is 8.85. The van der Waals surface area contributed by atoms with Crippen LogP contribution < -0.4 is 0 Å². The molecule has 10 heteroatoms. The molecule has 102 valence electrons. The van der Waals surface area contributed by atoms with Crippen molar-refractivity contribution >= 4 is 0 Å². The summed E-state index contributed by atoms with van der Waals surface area (Å²) in [4.78, 5) is 0. The standard InChI is InChI=1S/C7H5F9O/c1-3(5(8,9)10)2-4(17,6(11,12)13)7(14,15)16/h2,17H,1H3/b3-2+/i2D. The van der Waals surface area contributed by atoms with Crippen LogP contribution in [0.15, 0.2) is 11.6 Å². The fourth-order valence-electron chi connectivity index (χ4n) is 0.645. The lowest BCUT2D eigenvalue weighted by atomic mass is 9.99. The van der Waals surface area contributed by atoms with E-state index in [1.165, 1.54) is 0 Å². The van der Waals surface area contributed by atoms with Gasteiger partial charge in [0.1, 0.15) is 0 Å². The third-order valence-corrected chi connectivity index (χ3v) is 1.61. The van der Waals surface area contributed by atoms with Gasteiger partial charge in [0, 0.05) is 5.57 Å². The Hall–Kier alpha value is -0.930. The molecule has 17 heavy (non-hydrogen) atoms. The fourth-order valence-corrected chi connectivity index (χ4v) is 0.645. The summed E-state index contributed by atoms with van der Waals surface area (Å²) in [6, 6.07) is -3.00. The van der Waals surface area contributed by atoms with Gasteiger partial charge >= 0.3 is 18.5 Å². The smallest absolute Gasteiger partial charge is 0.370 e. The van der Waals surface area contributed by atoms with Crippen LogP contribution in [0.1, 0.15) is 8.29 Å². The van der Waals surface area contributed by atoms with Crippen molar-refractivity contribution in [2.45, 2.75) is 31.1 Å². The van der Waals surface area contributed by atoms with Crippen molar-refractivity contribution in [3.63, 3.8) is 0 Å². The largest absolute Gasteiger partial charge is 0.430 e. The molecule has 0 aromatic heterocycles. The SMILES string of the molecule is [2H]/C(=C(/C)C(F)(F)F)C(O)(C(F)(F)F)C(F)(F)F. The Bertz CT molecular complexity index is 333. The summed E-state index contributed by atoms with van der Waals surface area (Å²) < 4.78 is 115. The second-order valence-corrected chi connectivity index (χ2v) is 2.95. The van der Waals surface area contributed by atoms with Gasteiger partial charge in [0.2, 0.25) is 0 Å². The van der Waals surface area contributed by atoms with Gasteiger partial charge in [0.05, 0.1) is 1.37 Å². The van der Waals surface area contributed by atoms with E-state index in [0.717, 1.165) is 0 Å². The van der Waals surface area contributed by atoms with Crippen LogP contribution in [-0.4, -0.2) is 29.2 Å². The second-order valence-electron chi connectivity index (χ2n) is 2.95. The molecule has 0 fully saturated rings. The predicted octanol–water partition coefficient (Wildman–Crippen LogP) is 3.35. The van der Waals surface area contributed by atoms with E-state index in [2.05, 4.69) is 0 Å². The van der Waals surface area contributed by atoms with Gasteiger partial charge in [-0.05, 0) is 13.0 Å². The van der Waals surface area contributed by atoms with Crippen LogP contribution in [0.3, 0.4) is 0 Å². The Morgan fingerprint density at radius 2 is 1.24 bits per heavy atom. The highest BCUT2D eigenvalue weighted by molar-refractivity contribution is 5.18. The molecule has 0 aromatic carbocycles. The highest BCUT2D eigenvalue weighted by atomic mass is 19.4. The maximum absolute atomic E-state index is 12.1. The van der Waals surface area contributed by atoms with Gasteiger partial charge < -0.3 is 5.11 Å². The molecule has 1 nitrogen and oxygen atoms in total. The minimum atomic E-state index is -6.51. The molecular weight excluding hydrogens is 271 g/mol. The fraction of sp³-hybridized carbons (Fsp3) is 0.714. The van der Waals surface area contributed by atoms with Crippen molar-refractivity contribution in [3.05, 3.63) is 11.6 Å². The van der Waals surface area contributed by atoms with Gasteiger partial charge in [0.15, 0.2) is 0 Å². The molecule has 0 aliphatic rings. The zero-order chi connectivity index (χ0) is 15.2. The third kappa shape index (κ3) is 3.27. The molecular formula is C7H5F9O. The molecule has 0 unspecified atom stereocenters. The first kappa shape index (κ1) is 14.1. The molecule has 0 amide bonds. The number of rotatable bonds is 1. The summed E-state index contributed by atoms with van der Waals surface area (Å²) in [6.07, 6.45) is -18.6. The van der Waals surface area contributed by atoms with Crippen LogP contribution in [0, 0.1) is 0 Å². The van der Waals surface area contributed by atoms with Crippen LogP contribution in [0.25, 0.3) is 0 Å². The molecule has 0 bridgehead atoms. The van der Waals surface area contributed by atoms with Crippen molar-refractivity contribution in [2.24, 2.45) is 0 Å². The van der Waals surface area contributed by atoms with Crippen molar-refractivity contribution in [1.82, 2.24) is 0 Å². The molecule has 0 spiro atoms. The maximum atomic E-state index is 12.1. The molecule has 0 radical (unpaired) electrons. The number of hydrogen-bond acceptors (Lipinski definition) is 1. The summed E-state index contributed by atoms with van der Waals surface area (Å²) in [5, 5.41) is 8.49. The zero-order valence-corrected chi connectivity index (χ0v) is 7.85. The lowest BCUT2D eigenvalue weighted by Gasteiger charge is -2.30. The van der Waals surface area contributed by atoms with Gasteiger partial charge in [-0.25, -0.2) is 0 Å². The van der Waals surface area contributed by atoms with Gasteiger partial charge in [-0.15, -0.1) is 0 Å². The van der Waals surface area contributed by atoms with E-state index < -0.39 is 35.8 Å². The van der Waals surface area contributed by atoms with E-state index in [1.807, 2.05) is 0 Å². The molecule has 0 saturated carbocycles. The predicted molar refractivity (Wildman–Crippen MR) is 36.9 cm³/mol. The first-order chi connectivity index (χ1) is 7.57. The quantitative estimate of drug-likeness (QED) is 0.575. The summed E-state index contributed by atoms with van der Waals surface area (Å²) >= 11 is 0. The van der Waals surface area contributed by atoms with Crippen LogP contribution in [-0.2, 0) is 0 Å². The second kappa shape index (κ2) is 4.07. The number of allylic oxidation sites excluding steroid dienone is 1. The Balaban J connectivity index is 6.13. The van der Waals surface area contributed by atoms with Crippen molar-refractivity contribution in [2.75, 3.05) is 0 Å². The van der Waals surface area contributed by atoms with E-state index in [-0.39, 0.29) is 6.92 Å². The monoisotopic (exact) mass is 277 g/mol. The summed E-state index contributed by atoms with van der Waals surface area (Å²) in [6.45, 7) is -0.162. The average molecular weight is 277 g/mol. The Morgan fingerprint density at radius 1 is 0.941 bits per heavy atom. The lowest BCUT2D eigenvalue weighted by molar-refractivity contribution is -0.348. The summed E-state index contributed by atoms with van der Waals surface area (Å²) in [5.74, 6) is 0. The van der Waals surface area contributed by atoms with Crippen molar-refractivity contribution < 1.29 is 46.0 Å². The van der Waals surface area contributed by atoms with Crippen LogP contribution in [0.4, 0.5) is 39.5 Å². The number of hydrogen-bond donors (Lipinski definition) is 1. The maximum Gasteiger partial charge on any atom is 0.430 e. The minimum absolute atomic E-state index is 0.162. The topological polar surface area (TPSA) is 20.2 Å². The van der Waals surface area contributed by atoms with E-state index >= 15 is 0 Å². The Labute approximate surface area is 89.9 Å².